The Bertz CT molecular complexity index is 217. The molecular formula is CaNa2O8S2. The van der Waals surface area contributed by atoms with Gasteiger partial charge in [-0.2, -0.15) is 0 Å². The fourth-order valence-corrected chi connectivity index (χ4v) is 0. The summed E-state index contributed by atoms with van der Waals surface area (Å²) in [6.07, 6.45) is 0. The zero-order valence-electron chi connectivity index (χ0n) is 6.79. The van der Waals surface area contributed by atoms with E-state index in [9.17, 15) is 0 Å². The number of hydrogen-bond acceptors (Lipinski definition) is 8. The second-order valence-corrected chi connectivity index (χ2v) is 2.45. The summed E-state index contributed by atoms with van der Waals surface area (Å²) >= 11 is 0. The molecule has 0 saturated heterocycles. The minimum absolute atomic E-state index is 0. The van der Waals surface area contributed by atoms with Crippen molar-refractivity contribution in [3.63, 3.8) is 0 Å². The van der Waals surface area contributed by atoms with E-state index in [-0.39, 0.29) is 96.9 Å². The van der Waals surface area contributed by atoms with Crippen LogP contribution in [0.4, 0.5) is 0 Å². The van der Waals surface area contributed by atoms with E-state index in [0.717, 1.165) is 0 Å². The molecule has 0 N–H and O–H groups in total. The van der Waals surface area contributed by atoms with E-state index in [4.69, 9.17) is 35.0 Å². The van der Waals surface area contributed by atoms with Gasteiger partial charge >= 0.3 is 96.9 Å². The Balaban J connectivity index is -0.0000000267. The largest absolute Gasteiger partial charge is 2.00 e. The van der Waals surface area contributed by atoms with Gasteiger partial charge in [-0.15, -0.1) is 0 Å². The third-order valence-corrected chi connectivity index (χ3v) is 0. The molecule has 0 aliphatic rings. The predicted octanol–water partition coefficient (Wildman–Crippen LogP) is -9.05. The van der Waals surface area contributed by atoms with Gasteiger partial charge in [0.15, 0.2) is 0 Å². The summed E-state index contributed by atoms with van der Waals surface area (Å²) in [5.41, 5.74) is 0. The van der Waals surface area contributed by atoms with Gasteiger partial charge in [0.1, 0.15) is 0 Å². The third-order valence-electron chi connectivity index (χ3n) is 0. The standard InChI is InChI=1S/Ca.2Na.2H2O4S/c;;;2*1-5(2,3)4/h;;;2*(H2,1,2,3,4)/q+2;2*+1;;/p-4. The molecule has 0 saturated carbocycles. The molecule has 0 amide bonds. The van der Waals surface area contributed by atoms with Gasteiger partial charge in [0.05, 0.1) is 0 Å². The minimum atomic E-state index is -5.17. The van der Waals surface area contributed by atoms with Gasteiger partial charge in [0, 0.05) is 20.8 Å². The van der Waals surface area contributed by atoms with Gasteiger partial charge in [-0.3, -0.25) is 16.8 Å². The van der Waals surface area contributed by atoms with Gasteiger partial charge in [0.25, 0.3) is 0 Å². The summed E-state index contributed by atoms with van der Waals surface area (Å²) in [5, 5.41) is 0. The van der Waals surface area contributed by atoms with Gasteiger partial charge in [-0.25, -0.2) is 0 Å². The van der Waals surface area contributed by atoms with Gasteiger partial charge in [-0.1, -0.05) is 0 Å². The van der Waals surface area contributed by atoms with Crippen LogP contribution >= 0.6 is 0 Å². The third kappa shape index (κ3) is 282. The van der Waals surface area contributed by atoms with Crippen LogP contribution in [0.1, 0.15) is 0 Å². The van der Waals surface area contributed by atoms with Crippen molar-refractivity contribution in [3.8, 4) is 0 Å². The van der Waals surface area contributed by atoms with E-state index < -0.39 is 20.8 Å². The molecule has 0 aromatic heterocycles. The molecule has 0 fully saturated rings. The van der Waals surface area contributed by atoms with Crippen molar-refractivity contribution in [3.05, 3.63) is 0 Å². The minimum Gasteiger partial charge on any atom is -0.759 e. The Morgan fingerprint density at radius 1 is 0.615 bits per heavy atom. The zero-order chi connectivity index (χ0) is 9.00. The topological polar surface area (TPSA) is 161 Å². The van der Waals surface area contributed by atoms with Crippen LogP contribution in [0.3, 0.4) is 0 Å². The van der Waals surface area contributed by atoms with E-state index in [1.54, 1.807) is 0 Å². The second kappa shape index (κ2) is 13.1. The van der Waals surface area contributed by atoms with Crippen molar-refractivity contribution in [1.29, 1.82) is 0 Å². The first-order chi connectivity index (χ1) is 4.00. The quantitative estimate of drug-likeness (QED) is 0.240. The average Bonchev–Trinajstić information content (AvgIpc) is 1.12. The van der Waals surface area contributed by atoms with E-state index >= 15 is 0 Å². The van der Waals surface area contributed by atoms with E-state index in [2.05, 4.69) is 0 Å². The molecule has 8 nitrogen and oxygen atoms in total. The van der Waals surface area contributed by atoms with Crippen LogP contribution in [0, 0.1) is 0 Å². The van der Waals surface area contributed by atoms with Gasteiger partial charge < -0.3 is 18.2 Å². The number of rotatable bonds is 0. The van der Waals surface area contributed by atoms with Crippen molar-refractivity contribution in [1.82, 2.24) is 0 Å². The fraction of sp³-hybridized carbons (Fsp3) is 0. The molecule has 64 valence electrons. The summed E-state index contributed by atoms with van der Waals surface area (Å²) in [5.74, 6) is 0. The number of hydrogen-bond donors (Lipinski definition) is 0. The van der Waals surface area contributed by atoms with E-state index in [0.29, 0.717) is 0 Å². The molecule has 0 heterocycles. The average molecular weight is 278 g/mol. The van der Waals surface area contributed by atoms with Crippen molar-refractivity contribution in [2.24, 2.45) is 0 Å². The molecule has 0 spiro atoms. The Labute approximate surface area is 150 Å². The molecule has 0 atom stereocenters. The summed E-state index contributed by atoms with van der Waals surface area (Å²) in [6.45, 7) is 0. The molecule has 0 aromatic carbocycles. The summed E-state index contributed by atoms with van der Waals surface area (Å²) in [4.78, 5) is 0. The normalized spacial score (nSPS) is 8.92. The molecule has 0 aliphatic heterocycles. The summed E-state index contributed by atoms with van der Waals surface area (Å²) in [6, 6.07) is 0. The fourth-order valence-electron chi connectivity index (χ4n) is 0. The van der Waals surface area contributed by atoms with Crippen molar-refractivity contribution in [2.75, 3.05) is 0 Å². The second-order valence-electron chi connectivity index (χ2n) is 0.816. The van der Waals surface area contributed by atoms with Crippen LogP contribution in [-0.2, 0) is 20.8 Å². The van der Waals surface area contributed by atoms with Crippen LogP contribution in [0.25, 0.3) is 0 Å². The van der Waals surface area contributed by atoms with Crippen LogP contribution < -0.4 is 59.1 Å². The molecule has 0 unspecified atom stereocenters. The van der Waals surface area contributed by atoms with Gasteiger partial charge in [-0.05, 0) is 0 Å². The van der Waals surface area contributed by atoms with Crippen molar-refractivity contribution >= 4 is 58.5 Å². The smallest absolute Gasteiger partial charge is 0.759 e. The molecule has 13 heavy (non-hydrogen) atoms. The van der Waals surface area contributed by atoms with E-state index in [1.807, 2.05) is 0 Å². The van der Waals surface area contributed by atoms with Crippen LogP contribution in [-0.4, -0.2) is 72.8 Å². The first-order valence-corrected chi connectivity index (χ1v) is 4.00. The Morgan fingerprint density at radius 3 is 0.615 bits per heavy atom. The summed E-state index contributed by atoms with van der Waals surface area (Å²) in [7, 11) is -10.3. The Kier molecular flexibility index (Phi) is 29.9. The first kappa shape index (κ1) is 29.8. The van der Waals surface area contributed by atoms with Crippen LogP contribution in [0.2, 0.25) is 0 Å². The molecule has 0 bridgehead atoms. The zero-order valence-corrected chi connectivity index (χ0v) is 14.6. The maximum absolute atomic E-state index is 8.52. The van der Waals surface area contributed by atoms with Gasteiger partial charge in [0.2, 0.25) is 0 Å². The Hall–Kier alpha value is 3.00. The Morgan fingerprint density at radius 2 is 0.615 bits per heavy atom. The van der Waals surface area contributed by atoms with Crippen molar-refractivity contribution in [2.45, 2.75) is 0 Å². The molecule has 0 rings (SSSR count). The maximum Gasteiger partial charge on any atom is 2.00 e. The van der Waals surface area contributed by atoms with E-state index in [1.165, 1.54) is 0 Å². The van der Waals surface area contributed by atoms with Crippen LogP contribution in [0.5, 0.6) is 0 Å². The monoisotopic (exact) mass is 278 g/mol. The summed E-state index contributed by atoms with van der Waals surface area (Å²) < 4.78 is 68.2. The molecule has 0 aliphatic carbocycles. The molecular weight excluding hydrogens is 278 g/mol. The van der Waals surface area contributed by atoms with Crippen LogP contribution in [0.15, 0.2) is 0 Å². The molecule has 13 heteroatoms. The first-order valence-electron chi connectivity index (χ1n) is 1.33. The maximum atomic E-state index is 8.52. The molecule has 0 radical (unpaired) electrons. The molecule has 0 aromatic rings. The SMILES string of the molecule is O=S(=O)([O-])[O-].O=S(=O)([O-])[O-].[Ca+2].[Na+].[Na+]. The predicted molar refractivity (Wildman–Crippen MR) is 26.7 cm³/mol. The van der Waals surface area contributed by atoms with Crippen molar-refractivity contribution < 1.29 is 94.2 Å².